The summed E-state index contributed by atoms with van der Waals surface area (Å²) in [6.45, 7) is 2.42. The van der Waals surface area contributed by atoms with Crippen LogP contribution in [0.1, 0.15) is 6.92 Å². The van der Waals surface area contributed by atoms with E-state index in [9.17, 15) is 4.79 Å². The first-order valence-electron chi connectivity index (χ1n) is 3.40. The van der Waals surface area contributed by atoms with E-state index in [0.717, 1.165) is 0 Å². The maximum atomic E-state index is 11.0. The summed E-state index contributed by atoms with van der Waals surface area (Å²) in [6, 6.07) is 2.99. The maximum Gasteiger partial charge on any atom is 0.266 e. The standard InChI is InChI=1S/C7H10N2O2/c1-3-9-7(10)5-4-6(8-9)11-2/h4-5H,3H2,1-2H3. The molecule has 4 nitrogen and oxygen atoms in total. The fraction of sp³-hybridized carbons (Fsp3) is 0.429. The van der Waals surface area contributed by atoms with E-state index in [2.05, 4.69) is 5.10 Å². The molecule has 11 heavy (non-hydrogen) atoms. The summed E-state index contributed by atoms with van der Waals surface area (Å²) in [5.41, 5.74) is -0.103. The summed E-state index contributed by atoms with van der Waals surface area (Å²) < 4.78 is 6.19. The summed E-state index contributed by atoms with van der Waals surface area (Å²) in [5.74, 6) is 0.464. The number of nitrogens with zero attached hydrogens (tertiary/aromatic N) is 2. The van der Waals surface area contributed by atoms with Crippen molar-refractivity contribution in [2.45, 2.75) is 13.5 Å². The van der Waals surface area contributed by atoms with Gasteiger partial charge in [0.25, 0.3) is 5.56 Å². The number of rotatable bonds is 2. The van der Waals surface area contributed by atoms with Crippen molar-refractivity contribution < 1.29 is 4.74 Å². The quantitative estimate of drug-likeness (QED) is 0.614. The molecular formula is C7H10N2O2. The van der Waals surface area contributed by atoms with Gasteiger partial charge < -0.3 is 4.74 Å². The highest BCUT2D eigenvalue weighted by atomic mass is 16.5. The lowest BCUT2D eigenvalue weighted by Gasteiger charge is -2.01. The van der Waals surface area contributed by atoms with Crippen molar-refractivity contribution in [1.29, 1.82) is 0 Å². The second-order valence-electron chi connectivity index (χ2n) is 2.03. The molecule has 0 aromatic carbocycles. The molecule has 4 heteroatoms. The molecule has 0 amide bonds. The Morgan fingerprint density at radius 1 is 1.64 bits per heavy atom. The monoisotopic (exact) mass is 154 g/mol. The van der Waals surface area contributed by atoms with Crippen LogP contribution in [0, 0.1) is 0 Å². The second kappa shape index (κ2) is 3.18. The highest BCUT2D eigenvalue weighted by molar-refractivity contribution is 5.05. The van der Waals surface area contributed by atoms with Crippen LogP contribution in [0.25, 0.3) is 0 Å². The summed E-state index contributed by atoms with van der Waals surface area (Å²) in [7, 11) is 1.52. The highest BCUT2D eigenvalue weighted by Crippen LogP contribution is 1.98. The molecule has 0 N–H and O–H groups in total. The normalized spacial score (nSPS) is 9.64. The molecule has 60 valence electrons. The summed E-state index contributed by atoms with van der Waals surface area (Å²) in [4.78, 5) is 11.0. The van der Waals surface area contributed by atoms with E-state index in [1.165, 1.54) is 17.9 Å². The van der Waals surface area contributed by atoms with Crippen LogP contribution in [-0.4, -0.2) is 16.9 Å². The Kier molecular flexibility index (Phi) is 2.25. The van der Waals surface area contributed by atoms with E-state index in [0.29, 0.717) is 12.4 Å². The van der Waals surface area contributed by atoms with E-state index in [1.807, 2.05) is 6.92 Å². The molecular weight excluding hydrogens is 144 g/mol. The van der Waals surface area contributed by atoms with Crippen LogP contribution >= 0.6 is 0 Å². The third-order valence-corrected chi connectivity index (χ3v) is 1.35. The van der Waals surface area contributed by atoms with Crippen molar-refractivity contribution >= 4 is 0 Å². The predicted molar refractivity (Wildman–Crippen MR) is 40.7 cm³/mol. The fourth-order valence-corrected chi connectivity index (χ4v) is 0.766. The van der Waals surface area contributed by atoms with Gasteiger partial charge in [-0.25, -0.2) is 4.68 Å². The molecule has 1 aromatic heterocycles. The van der Waals surface area contributed by atoms with Crippen LogP contribution in [0.3, 0.4) is 0 Å². The number of ether oxygens (including phenoxy) is 1. The largest absolute Gasteiger partial charge is 0.480 e. The number of hydrogen-bond acceptors (Lipinski definition) is 3. The smallest absolute Gasteiger partial charge is 0.266 e. The molecule has 0 bridgehead atoms. The highest BCUT2D eigenvalue weighted by Gasteiger charge is 1.95. The van der Waals surface area contributed by atoms with Gasteiger partial charge in [-0.1, -0.05) is 0 Å². The Morgan fingerprint density at radius 3 is 2.91 bits per heavy atom. The van der Waals surface area contributed by atoms with Crippen molar-refractivity contribution in [3.05, 3.63) is 22.5 Å². The van der Waals surface area contributed by atoms with Gasteiger partial charge in [0.05, 0.1) is 7.11 Å². The van der Waals surface area contributed by atoms with Gasteiger partial charge in [-0.05, 0) is 6.92 Å². The Hall–Kier alpha value is -1.32. The maximum absolute atomic E-state index is 11.0. The minimum atomic E-state index is -0.103. The molecule has 0 aliphatic carbocycles. The van der Waals surface area contributed by atoms with Gasteiger partial charge in [0.15, 0.2) is 0 Å². The molecule has 0 unspecified atom stereocenters. The summed E-state index contributed by atoms with van der Waals surface area (Å²) >= 11 is 0. The van der Waals surface area contributed by atoms with Gasteiger partial charge >= 0.3 is 0 Å². The van der Waals surface area contributed by atoms with E-state index in [-0.39, 0.29) is 5.56 Å². The third kappa shape index (κ3) is 1.58. The lowest BCUT2D eigenvalue weighted by molar-refractivity contribution is 0.377. The van der Waals surface area contributed by atoms with Crippen LogP contribution in [0.15, 0.2) is 16.9 Å². The van der Waals surface area contributed by atoms with Crippen LogP contribution in [-0.2, 0) is 6.54 Å². The van der Waals surface area contributed by atoms with Gasteiger partial charge in [-0.15, -0.1) is 5.10 Å². The molecule has 0 spiro atoms. The Balaban J connectivity index is 3.13. The Morgan fingerprint density at radius 2 is 2.36 bits per heavy atom. The number of aromatic nitrogens is 2. The number of hydrogen-bond donors (Lipinski definition) is 0. The predicted octanol–water partition coefficient (Wildman–Crippen LogP) is 0.272. The van der Waals surface area contributed by atoms with E-state index in [4.69, 9.17) is 4.74 Å². The zero-order chi connectivity index (χ0) is 8.27. The first kappa shape index (κ1) is 7.78. The van der Waals surface area contributed by atoms with Crippen LogP contribution in [0.5, 0.6) is 5.88 Å². The third-order valence-electron chi connectivity index (χ3n) is 1.35. The van der Waals surface area contributed by atoms with Gasteiger partial charge in [-0.3, -0.25) is 4.79 Å². The van der Waals surface area contributed by atoms with E-state index >= 15 is 0 Å². The lowest BCUT2D eigenvalue weighted by atomic mass is 10.5. The molecule has 0 saturated heterocycles. The molecule has 0 aliphatic heterocycles. The van der Waals surface area contributed by atoms with Crippen LogP contribution in [0.4, 0.5) is 0 Å². The van der Waals surface area contributed by atoms with Crippen molar-refractivity contribution in [2.75, 3.05) is 7.11 Å². The first-order valence-corrected chi connectivity index (χ1v) is 3.40. The average Bonchev–Trinajstić information content (AvgIpc) is 2.05. The average molecular weight is 154 g/mol. The second-order valence-corrected chi connectivity index (χ2v) is 2.03. The fourth-order valence-electron chi connectivity index (χ4n) is 0.766. The summed E-state index contributed by atoms with van der Waals surface area (Å²) in [6.07, 6.45) is 0. The Labute approximate surface area is 64.4 Å². The molecule has 1 rings (SSSR count). The molecule has 1 heterocycles. The number of aryl methyl sites for hydroxylation is 1. The molecule has 0 fully saturated rings. The van der Waals surface area contributed by atoms with Gasteiger partial charge in [0.1, 0.15) is 0 Å². The minimum Gasteiger partial charge on any atom is -0.480 e. The van der Waals surface area contributed by atoms with Crippen LogP contribution < -0.4 is 10.3 Å². The van der Waals surface area contributed by atoms with Crippen molar-refractivity contribution in [1.82, 2.24) is 9.78 Å². The lowest BCUT2D eigenvalue weighted by Crippen LogP contribution is -2.20. The van der Waals surface area contributed by atoms with Gasteiger partial charge in [-0.2, -0.15) is 0 Å². The Bertz CT molecular complexity index is 293. The van der Waals surface area contributed by atoms with Crippen molar-refractivity contribution in [2.24, 2.45) is 0 Å². The van der Waals surface area contributed by atoms with Gasteiger partial charge in [0.2, 0.25) is 5.88 Å². The van der Waals surface area contributed by atoms with E-state index in [1.54, 1.807) is 6.07 Å². The SMILES string of the molecule is CCn1nc(OC)ccc1=O. The molecule has 0 aliphatic rings. The van der Waals surface area contributed by atoms with E-state index < -0.39 is 0 Å². The molecule has 0 radical (unpaired) electrons. The minimum absolute atomic E-state index is 0.103. The number of methoxy groups -OCH3 is 1. The zero-order valence-electron chi connectivity index (χ0n) is 6.57. The first-order chi connectivity index (χ1) is 5.27. The molecule has 1 aromatic rings. The zero-order valence-corrected chi connectivity index (χ0v) is 6.57. The molecule has 0 saturated carbocycles. The van der Waals surface area contributed by atoms with Gasteiger partial charge in [0, 0.05) is 18.7 Å². The molecule has 0 atom stereocenters. The van der Waals surface area contributed by atoms with Crippen molar-refractivity contribution in [3.63, 3.8) is 0 Å². The van der Waals surface area contributed by atoms with Crippen molar-refractivity contribution in [3.8, 4) is 5.88 Å². The summed E-state index contributed by atoms with van der Waals surface area (Å²) in [5, 5.41) is 3.89. The topological polar surface area (TPSA) is 44.1 Å². The van der Waals surface area contributed by atoms with Crippen LogP contribution in [0.2, 0.25) is 0 Å².